The van der Waals surface area contributed by atoms with Crippen molar-refractivity contribution >= 4 is 17.9 Å². The van der Waals surface area contributed by atoms with Gasteiger partial charge in [-0.1, -0.05) is 258 Å². The maximum Gasteiger partial charge on any atom is 0.306 e. The van der Waals surface area contributed by atoms with Crippen LogP contribution in [0.4, 0.5) is 0 Å². The fraction of sp³-hybridized carbons (Fsp3) is 0.909. The molecule has 0 spiro atoms. The summed E-state index contributed by atoms with van der Waals surface area (Å²) >= 11 is 0. The topological polar surface area (TPSA) is 78.9 Å². The Bertz CT molecular complexity index is 947. The summed E-state index contributed by atoms with van der Waals surface area (Å²) in [5.74, 6) is -0.859. The summed E-state index contributed by atoms with van der Waals surface area (Å²) < 4.78 is 16.8. The molecule has 360 valence electrons. The van der Waals surface area contributed by atoms with Crippen LogP contribution in [0.2, 0.25) is 0 Å². The van der Waals surface area contributed by atoms with Gasteiger partial charge in [-0.3, -0.25) is 14.4 Å². The normalized spacial score (nSPS) is 12.0. The van der Waals surface area contributed by atoms with Gasteiger partial charge in [-0.25, -0.2) is 0 Å². The molecule has 0 aromatic heterocycles. The third-order valence-electron chi connectivity index (χ3n) is 12.3. The molecule has 1 atom stereocenters. The summed E-state index contributed by atoms with van der Waals surface area (Å²) in [5.41, 5.74) is 0. The van der Waals surface area contributed by atoms with Gasteiger partial charge in [-0.05, 0) is 38.5 Å². The van der Waals surface area contributed by atoms with Crippen molar-refractivity contribution in [1.29, 1.82) is 0 Å². The fourth-order valence-corrected chi connectivity index (χ4v) is 8.15. The molecule has 0 aromatic rings. The second-order valence-corrected chi connectivity index (χ2v) is 18.5. The van der Waals surface area contributed by atoms with Gasteiger partial charge in [-0.15, -0.1) is 0 Å². The minimum atomic E-state index is -0.766. The number of hydrogen-bond acceptors (Lipinski definition) is 6. The number of ether oxygens (including phenoxy) is 3. The van der Waals surface area contributed by atoms with Crippen molar-refractivity contribution in [3.8, 4) is 0 Å². The van der Waals surface area contributed by atoms with E-state index in [1.54, 1.807) is 0 Å². The molecular weight excluding hydrogens is 757 g/mol. The van der Waals surface area contributed by atoms with Crippen molar-refractivity contribution in [3.05, 3.63) is 12.2 Å². The van der Waals surface area contributed by atoms with Crippen molar-refractivity contribution in [1.82, 2.24) is 0 Å². The molecule has 0 aliphatic heterocycles. The standard InChI is InChI=1S/C55H104O6/c1-4-7-10-13-16-19-22-24-26-27-28-29-30-32-33-36-39-42-45-48-54(57)60-51-52(50-59-53(56)47-44-41-38-35-21-18-15-12-9-6-3)61-55(58)49-46-43-40-37-34-31-25-23-20-17-14-11-8-5-2/h12,15,52H,4-11,13-14,16-51H2,1-3H3/b15-12-. The fourth-order valence-electron chi connectivity index (χ4n) is 8.15. The van der Waals surface area contributed by atoms with Gasteiger partial charge < -0.3 is 14.2 Å². The number of carbonyl (C=O) groups is 3. The van der Waals surface area contributed by atoms with Crippen molar-refractivity contribution in [2.24, 2.45) is 0 Å². The Morgan fingerprint density at radius 1 is 0.311 bits per heavy atom. The predicted molar refractivity (Wildman–Crippen MR) is 261 cm³/mol. The Morgan fingerprint density at radius 2 is 0.574 bits per heavy atom. The van der Waals surface area contributed by atoms with Crippen LogP contribution in [-0.2, 0) is 28.6 Å². The lowest BCUT2D eigenvalue weighted by Crippen LogP contribution is -2.30. The van der Waals surface area contributed by atoms with Crippen LogP contribution >= 0.6 is 0 Å². The average molecular weight is 861 g/mol. The molecule has 61 heavy (non-hydrogen) atoms. The third-order valence-corrected chi connectivity index (χ3v) is 12.3. The van der Waals surface area contributed by atoms with Crippen LogP contribution in [-0.4, -0.2) is 37.2 Å². The van der Waals surface area contributed by atoms with Gasteiger partial charge in [0, 0.05) is 19.3 Å². The molecule has 6 heteroatoms. The SMILES string of the molecule is CCC/C=C\CCCCCCCC(=O)OCC(COC(=O)CCCCCCCCCCCCCCCCCCCCC)OC(=O)CCCCCCCCCCCCCCCC. The van der Waals surface area contributed by atoms with Crippen LogP contribution in [0.5, 0.6) is 0 Å². The molecule has 0 amide bonds. The summed E-state index contributed by atoms with van der Waals surface area (Å²) in [6.45, 7) is 6.62. The molecule has 0 aromatic carbocycles. The van der Waals surface area contributed by atoms with Gasteiger partial charge in [0.05, 0.1) is 0 Å². The Balaban J connectivity index is 4.24. The molecule has 0 aliphatic carbocycles. The highest BCUT2D eigenvalue weighted by molar-refractivity contribution is 5.71. The van der Waals surface area contributed by atoms with E-state index in [1.165, 1.54) is 193 Å². The number of esters is 3. The zero-order chi connectivity index (χ0) is 44.4. The number of carbonyl (C=O) groups excluding carboxylic acids is 3. The molecule has 0 aliphatic rings. The van der Waals surface area contributed by atoms with E-state index in [0.29, 0.717) is 19.3 Å². The molecule has 0 radical (unpaired) electrons. The van der Waals surface area contributed by atoms with E-state index in [9.17, 15) is 14.4 Å². The van der Waals surface area contributed by atoms with Gasteiger partial charge in [0.25, 0.3) is 0 Å². The first-order valence-corrected chi connectivity index (χ1v) is 27.2. The number of rotatable bonds is 50. The van der Waals surface area contributed by atoms with E-state index in [1.807, 2.05) is 0 Å². The zero-order valence-electron chi connectivity index (χ0n) is 41.2. The maximum absolute atomic E-state index is 12.8. The first kappa shape index (κ1) is 59.1. The van der Waals surface area contributed by atoms with Crippen molar-refractivity contribution in [2.75, 3.05) is 13.2 Å². The minimum Gasteiger partial charge on any atom is -0.462 e. The quantitative estimate of drug-likeness (QED) is 0.0262. The maximum atomic E-state index is 12.8. The zero-order valence-corrected chi connectivity index (χ0v) is 41.2. The minimum absolute atomic E-state index is 0.0670. The van der Waals surface area contributed by atoms with E-state index in [-0.39, 0.29) is 31.1 Å². The highest BCUT2D eigenvalue weighted by atomic mass is 16.6. The van der Waals surface area contributed by atoms with Gasteiger partial charge in [0.1, 0.15) is 13.2 Å². The molecule has 0 saturated heterocycles. The highest BCUT2D eigenvalue weighted by Gasteiger charge is 2.19. The second kappa shape index (κ2) is 50.8. The molecule has 0 N–H and O–H groups in total. The van der Waals surface area contributed by atoms with Crippen LogP contribution in [0.15, 0.2) is 12.2 Å². The lowest BCUT2D eigenvalue weighted by Gasteiger charge is -2.18. The molecule has 0 bridgehead atoms. The highest BCUT2D eigenvalue weighted by Crippen LogP contribution is 2.17. The summed E-state index contributed by atoms with van der Waals surface area (Å²) in [4.78, 5) is 37.9. The number of unbranched alkanes of at least 4 members (excludes halogenated alkanes) is 37. The first-order valence-electron chi connectivity index (χ1n) is 27.2. The molecular formula is C55H104O6. The first-order chi connectivity index (χ1) is 30.0. The van der Waals surface area contributed by atoms with Crippen LogP contribution in [0.1, 0.15) is 303 Å². The summed E-state index contributed by atoms with van der Waals surface area (Å²) in [5, 5.41) is 0. The van der Waals surface area contributed by atoms with Gasteiger partial charge in [0.15, 0.2) is 6.10 Å². The molecule has 1 unspecified atom stereocenters. The smallest absolute Gasteiger partial charge is 0.306 e. The Kier molecular flexibility index (Phi) is 49.3. The third kappa shape index (κ3) is 49.0. The second-order valence-electron chi connectivity index (χ2n) is 18.5. The summed E-state index contributed by atoms with van der Waals surface area (Å²) in [6.07, 6.45) is 56.3. The molecule has 6 nitrogen and oxygen atoms in total. The predicted octanol–water partition coefficient (Wildman–Crippen LogP) is 17.8. The van der Waals surface area contributed by atoms with E-state index in [2.05, 4.69) is 32.9 Å². The molecule has 0 heterocycles. The largest absolute Gasteiger partial charge is 0.462 e. The average Bonchev–Trinajstić information content (AvgIpc) is 3.26. The van der Waals surface area contributed by atoms with Crippen LogP contribution in [0, 0.1) is 0 Å². The van der Waals surface area contributed by atoms with E-state index < -0.39 is 6.10 Å². The van der Waals surface area contributed by atoms with Gasteiger partial charge >= 0.3 is 17.9 Å². The Hall–Kier alpha value is -1.85. The van der Waals surface area contributed by atoms with E-state index in [4.69, 9.17) is 14.2 Å². The van der Waals surface area contributed by atoms with E-state index >= 15 is 0 Å². The van der Waals surface area contributed by atoms with Crippen LogP contribution < -0.4 is 0 Å². The van der Waals surface area contributed by atoms with Crippen molar-refractivity contribution in [2.45, 2.75) is 309 Å². The van der Waals surface area contributed by atoms with Crippen LogP contribution in [0.25, 0.3) is 0 Å². The monoisotopic (exact) mass is 861 g/mol. The van der Waals surface area contributed by atoms with Crippen molar-refractivity contribution in [3.63, 3.8) is 0 Å². The Labute approximate surface area is 380 Å². The Morgan fingerprint density at radius 3 is 0.885 bits per heavy atom. The summed E-state index contributed by atoms with van der Waals surface area (Å²) in [7, 11) is 0. The molecule has 0 fully saturated rings. The summed E-state index contributed by atoms with van der Waals surface area (Å²) in [6, 6.07) is 0. The molecule has 0 rings (SSSR count). The number of hydrogen-bond donors (Lipinski definition) is 0. The molecule has 0 saturated carbocycles. The van der Waals surface area contributed by atoms with Crippen molar-refractivity contribution < 1.29 is 28.6 Å². The van der Waals surface area contributed by atoms with Gasteiger partial charge in [-0.2, -0.15) is 0 Å². The number of allylic oxidation sites excluding steroid dienone is 2. The van der Waals surface area contributed by atoms with Crippen LogP contribution in [0.3, 0.4) is 0 Å². The lowest BCUT2D eigenvalue weighted by molar-refractivity contribution is -0.167. The van der Waals surface area contributed by atoms with Gasteiger partial charge in [0.2, 0.25) is 0 Å². The lowest BCUT2D eigenvalue weighted by atomic mass is 10.0. The van der Waals surface area contributed by atoms with E-state index in [0.717, 1.165) is 70.6 Å².